The molecule has 5 heteroatoms. The van der Waals surface area contributed by atoms with Crippen LogP contribution in [0.4, 0.5) is 4.79 Å². The zero-order valence-corrected chi connectivity index (χ0v) is 13.6. The van der Waals surface area contributed by atoms with Crippen molar-refractivity contribution < 1.29 is 9.90 Å². The summed E-state index contributed by atoms with van der Waals surface area (Å²) < 4.78 is 0. The molecule has 5 nitrogen and oxygen atoms in total. The number of H-pyrrole nitrogens is 1. The lowest BCUT2D eigenvalue weighted by Crippen LogP contribution is -2.44. The molecule has 3 rings (SSSR count). The van der Waals surface area contributed by atoms with Gasteiger partial charge in [-0.05, 0) is 49.7 Å². The number of urea groups is 1. The van der Waals surface area contributed by atoms with Crippen molar-refractivity contribution in [2.24, 2.45) is 5.92 Å². The maximum atomic E-state index is 12.0. The Morgan fingerprint density at radius 2 is 2.26 bits per heavy atom. The summed E-state index contributed by atoms with van der Waals surface area (Å²) in [6.07, 6.45) is 5.76. The highest BCUT2D eigenvalue weighted by molar-refractivity contribution is 5.85. The van der Waals surface area contributed by atoms with Crippen LogP contribution in [0, 0.1) is 12.8 Å². The fourth-order valence-electron chi connectivity index (χ4n) is 3.16. The van der Waals surface area contributed by atoms with E-state index >= 15 is 0 Å². The Kier molecular flexibility index (Phi) is 4.86. The van der Waals surface area contributed by atoms with Crippen LogP contribution in [0.1, 0.15) is 30.4 Å². The first-order chi connectivity index (χ1) is 11.2. The molecule has 124 valence electrons. The third kappa shape index (κ3) is 3.85. The summed E-state index contributed by atoms with van der Waals surface area (Å²) in [4.78, 5) is 15.3. The number of aliphatic hydroxyl groups is 1. The zero-order valence-electron chi connectivity index (χ0n) is 13.6. The first kappa shape index (κ1) is 15.9. The second-order valence-corrected chi connectivity index (χ2v) is 6.42. The number of aromatic nitrogens is 1. The van der Waals surface area contributed by atoms with E-state index in [9.17, 15) is 4.79 Å². The van der Waals surface area contributed by atoms with Crippen molar-refractivity contribution in [3.63, 3.8) is 0 Å². The quantitative estimate of drug-likeness (QED) is 0.633. The maximum Gasteiger partial charge on any atom is 0.315 e. The third-order valence-corrected chi connectivity index (χ3v) is 4.64. The molecule has 0 radical (unpaired) electrons. The topological polar surface area (TPSA) is 77.2 Å². The van der Waals surface area contributed by atoms with Gasteiger partial charge in [0.1, 0.15) is 0 Å². The molecule has 1 unspecified atom stereocenters. The van der Waals surface area contributed by atoms with E-state index in [-0.39, 0.29) is 18.7 Å². The summed E-state index contributed by atoms with van der Waals surface area (Å²) in [6, 6.07) is 6.23. The lowest BCUT2D eigenvalue weighted by Gasteiger charge is -2.17. The van der Waals surface area contributed by atoms with Crippen molar-refractivity contribution in [2.45, 2.75) is 38.6 Å². The molecule has 0 bridgehead atoms. The van der Waals surface area contributed by atoms with Crippen molar-refractivity contribution in [1.82, 2.24) is 15.6 Å². The van der Waals surface area contributed by atoms with Gasteiger partial charge < -0.3 is 20.7 Å². The SMILES string of the molecule is Cc1cccc2c(CCNC(=O)NC(CCO)C3CC3)c[nH]c12. The van der Waals surface area contributed by atoms with Gasteiger partial charge in [-0.25, -0.2) is 4.79 Å². The molecule has 0 spiro atoms. The first-order valence-electron chi connectivity index (χ1n) is 8.40. The lowest BCUT2D eigenvalue weighted by molar-refractivity contribution is 0.225. The minimum absolute atomic E-state index is 0.107. The van der Waals surface area contributed by atoms with Gasteiger partial charge in [0.05, 0.1) is 0 Å². The Morgan fingerprint density at radius 1 is 1.43 bits per heavy atom. The number of hydrogen-bond donors (Lipinski definition) is 4. The predicted octanol–water partition coefficient (Wildman–Crippen LogP) is 2.48. The fourth-order valence-corrected chi connectivity index (χ4v) is 3.16. The van der Waals surface area contributed by atoms with Crippen LogP contribution in [0.25, 0.3) is 10.9 Å². The number of carbonyl (C=O) groups is 1. The second kappa shape index (κ2) is 7.04. The van der Waals surface area contributed by atoms with Crippen molar-refractivity contribution >= 4 is 16.9 Å². The Balaban J connectivity index is 1.50. The van der Waals surface area contributed by atoms with E-state index in [4.69, 9.17) is 5.11 Å². The number of benzene rings is 1. The average molecular weight is 315 g/mol. The number of amides is 2. The smallest absolute Gasteiger partial charge is 0.315 e. The van der Waals surface area contributed by atoms with Crippen LogP contribution >= 0.6 is 0 Å². The normalized spacial score (nSPS) is 15.6. The number of nitrogens with one attached hydrogen (secondary N) is 3. The van der Waals surface area contributed by atoms with Crippen LogP contribution in [0.2, 0.25) is 0 Å². The highest BCUT2D eigenvalue weighted by atomic mass is 16.3. The molecule has 23 heavy (non-hydrogen) atoms. The third-order valence-electron chi connectivity index (χ3n) is 4.64. The van der Waals surface area contributed by atoms with Crippen LogP contribution in [-0.2, 0) is 6.42 Å². The zero-order chi connectivity index (χ0) is 16.2. The number of aliphatic hydroxyl groups excluding tert-OH is 1. The second-order valence-electron chi connectivity index (χ2n) is 6.42. The van der Waals surface area contributed by atoms with Crippen molar-refractivity contribution in [3.8, 4) is 0 Å². The fraction of sp³-hybridized carbons (Fsp3) is 0.500. The van der Waals surface area contributed by atoms with E-state index in [1.165, 1.54) is 22.0 Å². The van der Waals surface area contributed by atoms with Gasteiger partial charge in [0.25, 0.3) is 0 Å². The van der Waals surface area contributed by atoms with E-state index in [1.807, 2.05) is 6.20 Å². The van der Waals surface area contributed by atoms with Gasteiger partial charge >= 0.3 is 6.03 Å². The van der Waals surface area contributed by atoms with Crippen molar-refractivity contribution in [1.29, 1.82) is 0 Å². The predicted molar refractivity (Wildman–Crippen MR) is 91.5 cm³/mol. The molecule has 1 atom stereocenters. The molecule has 1 aromatic carbocycles. The molecule has 1 heterocycles. The molecule has 0 aliphatic heterocycles. The molecule has 2 amide bonds. The summed E-state index contributed by atoms with van der Waals surface area (Å²) in [5, 5.41) is 16.2. The highest BCUT2D eigenvalue weighted by Crippen LogP contribution is 2.33. The standard InChI is InChI=1S/C18H25N3O2/c1-12-3-2-4-15-14(11-20-17(12)15)7-9-19-18(23)21-16(8-10-22)13-5-6-13/h2-4,11,13,16,20,22H,5-10H2,1H3,(H2,19,21,23). The number of hydrogen-bond acceptors (Lipinski definition) is 2. The van der Waals surface area contributed by atoms with Crippen LogP contribution in [0.3, 0.4) is 0 Å². The molecule has 1 saturated carbocycles. The Hall–Kier alpha value is -2.01. The van der Waals surface area contributed by atoms with E-state index < -0.39 is 0 Å². The summed E-state index contributed by atoms with van der Waals surface area (Å²) >= 11 is 0. The Bertz CT molecular complexity index is 676. The largest absolute Gasteiger partial charge is 0.396 e. The van der Waals surface area contributed by atoms with Crippen LogP contribution in [0.15, 0.2) is 24.4 Å². The molecule has 2 aromatic rings. The highest BCUT2D eigenvalue weighted by Gasteiger charge is 2.31. The molecular weight excluding hydrogens is 290 g/mol. The molecule has 0 saturated heterocycles. The number of rotatable bonds is 7. The van der Waals surface area contributed by atoms with Crippen molar-refractivity contribution in [3.05, 3.63) is 35.5 Å². The minimum atomic E-state index is -0.133. The number of aryl methyl sites for hydroxylation is 1. The number of para-hydroxylation sites is 1. The summed E-state index contributed by atoms with van der Waals surface area (Å²) in [5.74, 6) is 0.546. The van der Waals surface area contributed by atoms with Gasteiger partial charge in [-0.3, -0.25) is 0 Å². The van der Waals surface area contributed by atoms with Gasteiger partial charge in [0, 0.05) is 36.3 Å². The summed E-state index contributed by atoms with van der Waals surface area (Å²) in [6.45, 7) is 2.81. The van der Waals surface area contributed by atoms with Gasteiger partial charge in [-0.1, -0.05) is 18.2 Å². The minimum Gasteiger partial charge on any atom is -0.396 e. The lowest BCUT2D eigenvalue weighted by atomic mass is 10.1. The van der Waals surface area contributed by atoms with Gasteiger partial charge in [0.15, 0.2) is 0 Å². The maximum absolute atomic E-state index is 12.0. The van der Waals surface area contributed by atoms with Gasteiger partial charge in [-0.15, -0.1) is 0 Å². The van der Waals surface area contributed by atoms with E-state index in [0.29, 0.717) is 18.9 Å². The number of fused-ring (bicyclic) bond motifs is 1. The molecule has 1 fully saturated rings. The van der Waals surface area contributed by atoms with Crippen molar-refractivity contribution in [2.75, 3.05) is 13.2 Å². The van der Waals surface area contributed by atoms with E-state index in [1.54, 1.807) is 0 Å². The molecule has 1 aliphatic carbocycles. The van der Waals surface area contributed by atoms with Crippen LogP contribution in [0.5, 0.6) is 0 Å². The number of carbonyl (C=O) groups excluding carboxylic acids is 1. The van der Waals surface area contributed by atoms with Gasteiger partial charge in [0.2, 0.25) is 0 Å². The molecule has 4 N–H and O–H groups in total. The monoisotopic (exact) mass is 315 g/mol. The summed E-state index contributed by atoms with van der Waals surface area (Å²) in [7, 11) is 0. The summed E-state index contributed by atoms with van der Waals surface area (Å²) in [5.41, 5.74) is 3.62. The Labute approximate surface area is 136 Å². The van der Waals surface area contributed by atoms with Gasteiger partial charge in [-0.2, -0.15) is 0 Å². The van der Waals surface area contributed by atoms with Crippen LogP contribution in [-0.4, -0.2) is 35.3 Å². The van der Waals surface area contributed by atoms with E-state index in [0.717, 1.165) is 19.3 Å². The average Bonchev–Trinajstić information content (AvgIpc) is 3.29. The van der Waals surface area contributed by atoms with E-state index in [2.05, 4.69) is 40.7 Å². The molecule has 1 aliphatic rings. The number of aromatic amines is 1. The molecular formula is C18H25N3O2. The first-order valence-corrected chi connectivity index (χ1v) is 8.40. The Morgan fingerprint density at radius 3 is 3.00 bits per heavy atom. The van der Waals surface area contributed by atoms with Crippen LogP contribution < -0.4 is 10.6 Å². The molecule has 1 aromatic heterocycles.